The number of rotatable bonds is 4. The first-order chi connectivity index (χ1) is 12.1. The molecule has 0 saturated heterocycles. The van der Waals surface area contributed by atoms with Gasteiger partial charge in [-0.05, 0) is 29.7 Å². The van der Waals surface area contributed by atoms with E-state index in [2.05, 4.69) is 22.1 Å². The molecule has 0 bridgehead atoms. The van der Waals surface area contributed by atoms with Gasteiger partial charge in [0.2, 0.25) is 0 Å². The van der Waals surface area contributed by atoms with Gasteiger partial charge in [0.1, 0.15) is 5.65 Å². The molecule has 4 aromatic rings. The molecular formula is C19H15N3O2S. The van der Waals surface area contributed by atoms with Crippen LogP contribution in [0.25, 0.3) is 22.3 Å². The molecule has 0 aliphatic carbocycles. The number of aromatic carboxylic acids is 1. The van der Waals surface area contributed by atoms with E-state index in [4.69, 9.17) is 0 Å². The third kappa shape index (κ3) is 2.92. The molecule has 0 fully saturated rings. The highest BCUT2D eigenvalue weighted by Crippen LogP contribution is 2.24. The second-order valence-electron chi connectivity index (χ2n) is 5.88. The third-order valence-corrected chi connectivity index (χ3v) is 4.81. The number of hydrogen-bond acceptors (Lipinski definition) is 4. The van der Waals surface area contributed by atoms with Crippen molar-refractivity contribution in [1.82, 2.24) is 14.5 Å². The molecule has 0 aliphatic rings. The molecule has 0 atom stereocenters. The van der Waals surface area contributed by atoms with Crippen molar-refractivity contribution in [2.75, 3.05) is 0 Å². The molecule has 4 rings (SSSR count). The van der Waals surface area contributed by atoms with E-state index >= 15 is 0 Å². The van der Waals surface area contributed by atoms with E-state index in [0.717, 1.165) is 27.8 Å². The number of aryl methyl sites for hydroxylation is 1. The van der Waals surface area contributed by atoms with Crippen LogP contribution in [-0.2, 0) is 13.5 Å². The van der Waals surface area contributed by atoms with Crippen LogP contribution in [0.5, 0.6) is 0 Å². The van der Waals surface area contributed by atoms with Gasteiger partial charge in [0.25, 0.3) is 0 Å². The van der Waals surface area contributed by atoms with Gasteiger partial charge in [-0.25, -0.2) is 14.8 Å². The van der Waals surface area contributed by atoms with Gasteiger partial charge < -0.3 is 9.67 Å². The van der Waals surface area contributed by atoms with Crippen LogP contribution in [0.2, 0.25) is 0 Å². The van der Waals surface area contributed by atoms with E-state index in [-0.39, 0.29) is 5.69 Å². The number of carboxylic acid groups (broad SMARTS) is 1. The van der Waals surface area contributed by atoms with Gasteiger partial charge in [-0.2, -0.15) is 0 Å². The van der Waals surface area contributed by atoms with E-state index in [1.54, 1.807) is 17.4 Å². The Hall–Kier alpha value is -2.99. The minimum Gasteiger partial charge on any atom is -0.477 e. The Balaban J connectivity index is 1.71. The van der Waals surface area contributed by atoms with Gasteiger partial charge in [0, 0.05) is 29.6 Å². The molecule has 3 aromatic heterocycles. The molecular weight excluding hydrogens is 334 g/mol. The van der Waals surface area contributed by atoms with Crippen LogP contribution in [0.15, 0.2) is 53.5 Å². The Morgan fingerprint density at radius 2 is 2.04 bits per heavy atom. The molecule has 1 aromatic carbocycles. The van der Waals surface area contributed by atoms with Crippen LogP contribution in [-0.4, -0.2) is 25.6 Å². The first kappa shape index (κ1) is 15.5. The molecule has 1 N–H and O–H groups in total. The molecule has 3 heterocycles. The molecule has 0 unspecified atom stereocenters. The van der Waals surface area contributed by atoms with E-state index < -0.39 is 5.97 Å². The number of thiazole rings is 1. The average Bonchev–Trinajstić information content (AvgIpc) is 3.26. The van der Waals surface area contributed by atoms with Crippen molar-refractivity contribution < 1.29 is 9.90 Å². The molecule has 6 heteroatoms. The Labute approximate surface area is 148 Å². The smallest absolute Gasteiger partial charge is 0.354 e. The predicted octanol–water partition coefficient (Wildman–Crippen LogP) is 3.99. The molecule has 0 radical (unpaired) electrons. The van der Waals surface area contributed by atoms with E-state index in [1.165, 1.54) is 0 Å². The highest BCUT2D eigenvalue weighted by molar-refractivity contribution is 7.07. The lowest BCUT2D eigenvalue weighted by Gasteiger charge is -2.07. The van der Waals surface area contributed by atoms with Crippen LogP contribution in [0.3, 0.4) is 0 Å². The predicted molar refractivity (Wildman–Crippen MR) is 98.0 cm³/mol. The highest BCUT2D eigenvalue weighted by atomic mass is 32.1. The van der Waals surface area contributed by atoms with Gasteiger partial charge in [0.15, 0.2) is 5.69 Å². The standard InChI is InChI=1S/C19H15N3O2S/c1-22-7-6-15-14(9-16(19(23)24)21-18(15)22)8-12-2-4-13(5-3-12)17-10-25-11-20-17/h2-7,9-11H,8H2,1H3,(H,23,24). The summed E-state index contributed by atoms with van der Waals surface area (Å²) in [4.78, 5) is 19.9. The summed E-state index contributed by atoms with van der Waals surface area (Å²) in [5.74, 6) is -1.01. The summed E-state index contributed by atoms with van der Waals surface area (Å²) in [6.07, 6.45) is 2.55. The lowest BCUT2D eigenvalue weighted by Crippen LogP contribution is -2.04. The number of pyridine rings is 1. The van der Waals surface area contributed by atoms with Crippen molar-refractivity contribution >= 4 is 28.3 Å². The lowest BCUT2D eigenvalue weighted by atomic mass is 10.0. The normalized spacial score (nSPS) is 11.1. The Morgan fingerprint density at radius 3 is 2.72 bits per heavy atom. The summed E-state index contributed by atoms with van der Waals surface area (Å²) < 4.78 is 1.84. The zero-order valence-electron chi connectivity index (χ0n) is 13.5. The Bertz CT molecular complexity index is 1050. The first-order valence-corrected chi connectivity index (χ1v) is 8.72. The van der Waals surface area contributed by atoms with Crippen LogP contribution < -0.4 is 0 Å². The number of fused-ring (bicyclic) bond motifs is 1. The molecule has 0 spiro atoms. The number of carboxylic acids is 1. The molecule has 0 amide bonds. The van der Waals surface area contributed by atoms with Gasteiger partial charge in [-0.3, -0.25) is 0 Å². The average molecular weight is 349 g/mol. The summed E-state index contributed by atoms with van der Waals surface area (Å²) in [6.45, 7) is 0. The minimum absolute atomic E-state index is 0.0726. The first-order valence-electron chi connectivity index (χ1n) is 7.77. The second kappa shape index (κ2) is 6.14. The summed E-state index contributed by atoms with van der Waals surface area (Å²) in [5.41, 5.74) is 6.71. The number of nitrogens with zero attached hydrogens (tertiary/aromatic N) is 3. The zero-order valence-corrected chi connectivity index (χ0v) is 14.3. The van der Waals surface area contributed by atoms with Crippen molar-refractivity contribution in [2.24, 2.45) is 7.05 Å². The zero-order chi connectivity index (χ0) is 17.4. The fraction of sp³-hybridized carbons (Fsp3) is 0.105. The maximum absolute atomic E-state index is 11.4. The van der Waals surface area contributed by atoms with Crippen molar-refractivity contribution in [3.63, 3.8) is 0 Å². The highest BCUT2D eigenvalue weighted by Gasteiger charge is 2.13. The SMILES string of the molecule is Cn1ccc2c(Cc3ccc(-c4cscn4)cc3)cc(C(=O)O)nc21. The fourth-order valence-corrected chi connectivity index (χ4v) is 3.49. The summed E-state index contributed by atoms with van der Waals surface area (Å²) in [6, 6.07) is 11.9. The Kier molecular flexibility index (Phi) is 3.82. The maximum atomic E-state index is 11.4. The fourth-order valence-electron chi connectivity index (χ4n) is 2.92. The topological polar surface area (TPSA) is 68.0 Å². The van der Waals surface area contributed by atoms with Crippen molar-refractivity contribution in [3.05, 3.63) is 70.3 Å². The lowest BCUT2D eigenvalue weighted by molar-refractivity contribution is 0.0690. The van der Waals surface area contributed by atoms with Crippen LogP contribution in [0, 0.1) is 0 Å². The molecule has 25 heavy (non-hydrogen) atoms. The summed E-state index contributed by atoms with van der Waals surface area (Å²) >= 11 is 1.57. The van der Waals surface area contributed by atoms with E-state index in [9.17, 15) is 9.90 Å². The maximum Gasteiger partial charge on any atom is 0.354 e. The summed E-state index contributed by atoms with van der Waals surface area (Å²) in [5, 5.41) is 12.3. The van der Waals surface area contributed by atoms with Crippen molar-refractivity contribution in [3.8, 4) is 11.3 Å². The van der Waals surface area contributed by atoms with Gasteiger partial charge in [0.05, 0.1) is 11.2 Å². The quantitative estimate of drug-likeness (QED) is 0.605. The molecule has 0 aliphatic heterocycles. The van der Waals surface area contributed by atoms with E-state index in [1.807, 2.05) is 46.9 Å². The van der Waals surface area contributed by atoms with Gasteiger partial charge in [-0.1, -0.05) is 24.3 Å². The monoisotopic (exact) mass is 349 g/mol. The second-order valence-corrected chi connectivity index (χ2v) is 6.60. The van der Waals surface area contributed by atoms with Crippen LogP contribution in [0.1, 0.15) is 21.6 Å². The number of benzene rings is 1. The number of aromatic nitrogens is 3. The molecule has 5 nitrogen and oxygen atoms in total. The van der Waals surface area contributed by atoms with Crippen molar-refractivity contribution in [1.29, 1.82) is 0 Å². The summed E-state index contributed by atoms with van der Waals surface area (Å²) in [7, 11) is 1.87. The number of hydrogen-bond donors (Lipinski definition) is 1. The molecule has 124 valence electrons. The third-order valence-electron chi connectivity index (χ3n) is 4.22. The van der Waals surface area contributed by atoms with Gasteiger partial charge >= 0.3 is 5.97 Å². The minimum atomic E-state index is -1.01. The van der Waals surface area contributed by atoms with Crippen LogP contribution in [0.4, 0.5) is 0 Å². The Morgan fingerprint density at radius 1 is 1.24 bits per heavy atom. The van der Waals surface area contributed by atoms with E-state index in [0.29, 0.717) is 12.1 Å². The molecule has 0 saturated carbocycles. The van der Waals surface area contributed by atoms with Gasteiger partial charge in [-0.15, -0.1) is 11.3 Å². The largest absolute Gasteiger partial charge is 0.477 e. The van der Waals surface area contributed by atoms with Crippen LogP contribution >= 0.6 is 11.3 Å². The van der Waals surface area contributed by atoms with Crippen molar-refractivity contribution in [2.45, 2.75) is 6.42 Å². The number of carbonyl (C=O) groups is 1.